The molecule has 2 heterocycles. The van der Waals surface area contributed by atoms with Gasteiger partial charge in [-0.15, -0.1) is 0 Å². The molecule has 0 aliphatic carbocycles. The summed E-state index contributed by atoms with van der Waals surface area (Å²) in [6.45, 7) is 3.33. The van der Waals surface area contributed by atoms with Crippen LogP contribution in [-0.4, -0.2) is 24.3 Å². The average molecular weight is 244 g/mol. The second-order valence-electron chi connectivity index (χ2n) is 3.05. The van der Waals surface area contributed by atoms with Gasteiger partial charge in [-0.05, 0) is 28.9 Å². The summed E-state index contributed by atoms with van der Waals surface area (Å²) in [6.07, 6.45) is 1.93. The molecule has 1 saturated heterocycles. The fourth-order valence-corrected chi connectivity index (χ4v) is 1.54. The van der Waals surface area contributed by atoms with E-state index >= 15 is 0 Å². The Labute approximate surface area is 85.2 Å². The van der Waals surface area contributed by atoms with Crippen LogP contribution in [0, 0.1) is 6.92 Å². The molecule has 1 aliphatic rings. The van der Waals surface area contributed by atoms with Crippen LogP contribution < -0.4 is 4.74 Å². The van der Waals surface area contributed by atoms with Gasteiger partial charge in [0, 0.05) is 16.2 Å². The zero-order chi connectivity index (χ0) is 9.26. The molecule has 3 nitrogen and oxygen atoms in total. The summed E-state index contributed by atoms with van der Waals surface area (Å²) < 4.78 is 11.6. The highest BCUT2D eigenvalue weighted by atomic mass is 79.9. The van der Waals surface area contributed by atoms with Crippen molar-refractivity contribution in [2.24, 2.45) is 0 Å². The van der Waals surface area contributed by atoms with Gasteiger partial charge in [-0.1, -0.05) is 0 Å². The number of hydrogen-bond acceptors (Lipinski definition) is 3. The summed E-state index contributed by atoms with van der Waals surface area (Å²) in [4.78, 5) is 4.17. The highest BCUT2D eigenvalue weighted by Crippen LogP contribution is 2.21. The predicted octanol–water partition coefficient (Wildman–Crippen LogP) is 1.93. The van der Waals surface area contributed by atoms with Crippen LogP contribution in [0.3, 0.4) is 0 Å². The van der Waals surface area contributed by atoms with E-state index < -0.39 is 0 Å². The van der Waals surface area contributed by atoms with Crippen LogP contribution in [0.4, 0.5) is 0 Å². The van der Waals surface area contributed by atoms with Gasteiger partial charge in [-0.2, -0.15) is 0 Å². The molecule has 0 N–H and O–H groups in total. The molecule has 0 bridgehead atoms. The Morgan fingerprint density at radius 3 is 2.92 bits per heavy atom. The van der Waals surface area contributed by atoms with E-state index in [2.05, 4.69) is 20.9 Å². The standard InChI is InChI=1S/C9H10BrNO2/c1-6-2-7(10)3-11-9(6)13-8-4-12-5-8/h2-3,8H,4-5H2,1H3. The number of halogens is 1. The van der Waals surface area contributed by atoms with E-state index in [1.165, 1.54) is 0 Å². The summed E-state index contributed by atoms with van der Waals surface area (Å²) in [6, 6.07) is 1.99. The van der Waals surface area contributed by atoms with Crippen molar-refractivity contribution in [3.8, 4) is 5.88 Å². The largest absolute Gasteiger partial charge is 0.469 e. The fraction of sp³-hybridized carbons (Fsp3) is 0.444. The first-order chi connectivity index (χ1) is 6.25. The zero-order valence-electron chi connectivity index (χ0n) is 7.29. The lowest BCUT2D eigenvalue weighted by Gasteiger charge is -2.26. The second kappa shape index (κ2) is 3.64. The summed E-state index contributed by atoms with van der Waals surface area (Å²) in [5.74, 6) is 0.705. The molecule has 0 saturated carbocycles. The summed E-state index contributed by atoms with van der Waals surface area (Å²) in [5.41, 5.74) is 1.04. The van der Waals surface area contributed by atoms with Gasteiger partial charge >= 0.3 is 0 Å². The Balaban J connectivity index is 2.10. The van der Waals surface area contributed by atoms with Crippen molar-refractivity contribution in [1.29, 1.82) is 0 Å². The van der Waals surface area contributed by atoms with Crippen LogP contribution in [0.25, 0.3) is 0 Å². The van der Waals surface area contributed by atoms with Crippen molar-refractivity contribution >= 4 is 15.9 Å². The predicted molar refractivity (Wildman–Crippen MR) is 51.9 cm³/mol. The van der Waals surface area contributed by atoms with Crippen LogP contribution in [0.15, 0.2) is 16.7 Å². The van der Waals surface area contributed by atoms with Gasteiger partial charge in [0.25, 0.3) is 0 Å². The third kappa shape index (κ3) is 2.00. The van der Waals surface area contributed by atoms with E-state index in [0.717, 1.165) is 10.0 Å². The topological polar surface area (TPSA) is 31.4 Å². The Kier molecular flexibility index (Phi) is 2.51. The van der Waals surface area contributed by atoms with Gasteiger partial charge in [0.2, 0.25) is 5.88 Å². The van der Waals surface area contributed by atoms with Gasteiger partial charge in [0.05, 0.1) is 13.2 Å². The summed E-state index contributed by atoms with van der Waals surface area (Å²) in [5, 5.41) is 0. The normalized spacial score (nSPS) is 16.8. The highest BCUT2D eigenvalue weighted by molar-refractivity contribution is 9.10. The molecular formula is C9H10BrNO2. The SMILES string of the molecule is Cc1cc(Br)cnc1OC1COC1. The molecule has 0 radical (unpaired) electrons. The number of pyridine rings is 1. The van der Waals surface area contributed by atoms with Crippen molar-refractivity contribution < 1.29 is 9.47 Å². The first-order valence-corrected chi connectivity index (χ1v) is 4.91. The number of rotatable bonds is 2. The van der Waals surface area contributed by atoms with Crippen molar-refractivity contribution in [1.82, 2.24) is 4.98 Å². The summed E-state index contributed by atoms with van der Waals surface area (Å²) in [7, 11) is 0. The molecule has 4 heteroatoms. The minimum Gasteiger partial charge on any atom is -0.469 e. The van der Waals surface area contributed by atoms with E-state index in [4.69, 9.17) is 9.47 Å². The lowest BCUT2D eigenvalue weighted by atomic mass is 10.3. The lowest BCUT2D eigenvalue weighted by molar-refractivity contribution is -0.0815. The van der Waals surface area contributed by atoms with Crippen LogP contribution in [-0.2, 0) is 4.74 Å². The number of hydrogen-bond donors (Lipinski definition) is 0. The van der Waals surface area contributed by atoms with Crippen LogP contribution >= 0.6 is 15.9 Å². The Morgan fingerprint density at radius 2 is 2.38 bits per heavy atom. The Morgan fingerprint density at radius 1 is 1.62 bits per heavy atom. The smallest absolute Gasteiger partial charge is 0.216 e. The van der Waals surface area contributed by atoms with E-state index in [-0.39, 0.29) is 6.10 Å². The minimum atomic E-state index is 0.187. The Bertz CT molecular complexity index is 312. The monoisotopic (exact) mass is 243 g/mol. The number of aryl methyl sites for hydroxylation is 1. The maximum Gasteiger partial charge on any atom is 0.216 e. The van der Waals surface area contributed by atoms with Crippen molar-refractivity contribution in [3.63, 3.8) is 0 Å². The van der Waals surface area contributed by atoms with E-state index in [1.54, 1.807) is 6.20 Å². The molecule has 1 aromatic rings. The highest BCUT2D eigenvalue weighted by Gasteiger charge is 2.21. The molecule has 0 unspecified atom stereocenters. The van der Waals surface area contributed by atoms with E-state index in [1.807, 2.05) is 13.0 Å². The van der Waals surface area contributed by atoms with E-state index in [0.29, 0.717) is 19.1 Å². The van der Waals surface area contributed by atoms with Crippen molar-refractivity contribution in [2.45, 2.75) is 13.0 Å². The lowest BCUT2D eigenvalue weighted by Crippen LogP contribution is -2.38. The van der Waals surface area contributed by atoms with Gasteiger partial charge in [-0.25, -0.2) is 4.98 Å². The molecule has 0 atom stereocenters. The molecule has 0 spiro atoms. The third-order valence-electron chi connectivity index (χ3n) is 1.88. The number of aromatic nitrogens is 1. The van der Waals surface area contributed by atoms with Gasteiger partial charge < -0.3 is 9.47 Å². The van der Waals surface area contributed by atoms with Gasteiger partial charge in [-0.3, -0.25) is 0 Å². The van der Waals surface area contributed by atoms with Crippen LogP contribution in [0.2, 0.25) is 0 Å². The van der Waals surface area contributed by atoms with Gasteiger partial charge in [0.15, 0.2) is 0 Å². The molecule has 0 aromatic carbocycles. The molecule has 13 heavy (non-hydrogen) atoms. The maximum atomic E-state index is 5.58. The third-order valence-corrected chi connectivity index (χ3v) is 2.32. The van der Waals surface area contributed by atoms with Crippen LogP contribution in [0.5, 0.6) is 5.88 Å². The fourth-order valence-electron chi connectivity index (χ4n) is 1.09. The first-order valence-electron chi connectivity index (χ1n) is 4.12. The molecular weight excluding hydrogens is 234 g/mol. The minimum absolute atomic E-state index is 0.187. The number of nitrogens with zero attached hydrogens (tertiary/aromatic N) is 1. The van der Waals surface area contributed by atoms with Crippen LogP contribution in [0.1, 0.15) is 5.56 Å². The van der Waals surface area contributed by atoms with Gasteiger partial charge in [0.1, 0.15) is 6.10 Å². The molecule has 70 valence electrons. The molecule has 1 fully saturated rings. The zero-order valence-corrected chi connectivity index (χ0v) is 8.87. The molecule has 2 rings (SSSR count). The molecule has 1 aliphatic heterocycles. The second-order valence-corrected chi connectivity index (χ2v) is 3.97. The quantitative estimate of drug-likeness (QED) is 0.796. The summed E-state index contributed by atoms with van der Waals surface area (Å²) >= 11 is 3.35. The Hall–Kier alpha value is -0.610. The van der Waals surface area contributed by atoms with Crippen molar-refractivity contribution in [3.05, 3.63) is 22.3 Å². The molecule has 0 amide bonds. The molecule has 1 aromatic heterocycles. The number of ether oxygens (including phenoxy) is 2. The van der Waals surface area contributed by atoms with E-state index in [9.17, 15) is 0 Å². The first kappa shape index (κ1) is 8.97. The van der Waals surface area contributed by atoms with Crippen molar-refractivity contribution in [2.75, 3.05) is 13.2 Å². The maximum absolute atomic E-state index is 5.58. The average Bonchev–Trinajstić information content (AvgIpc) is 1.99.